The molecule has 4 heteroatoms. The Kier molecular flexibility index (Phi) is 9.31. The van der Waals surface area contributed by atoms with Crippen LogP contribution >= 0.6 is 0 Å². The maximum atomic E-state index is 11.9. The van der Waals surface area contributed by atoms with Gasteiger partial charge >= 0.3 is 5.97 Å². The molecule has 0 aliphatic heterocycles. The molecule has 0 radical (unpaired) electrons. The molecule has 0 fully saturated rings. The average Bonchev–Trinajstić information content (AvgIpc) is 2.63. The smallest absolute Gasteiger partial charge is 0.338 e. The van der Waals surface area contributed by atoms with Crippen LogP contribution in [0.2, 0.25) is 0 Å². The number of nitrogens with zero attached hydrogens (tertiary/aromatic N) is 1. The molecule has 0 saturated carbocycles. The minimum atomic E-state index is -0.324. The van der Waals surface area contributed by atoms with E-state index >= 15 is 0 Å². The number of hydrogen-bond donors (Lipinski definition) is 1. The van der Waals surface area contributed by atoms with Crippen molar-refractivity contribution in [1.82, 2.24) is 4.90 Å². The second kappa shape index (κ2) is 10.7. The minimum absolute atomic E-state index is 0.151. The lowest BCUT2D eigenvalue weighted by atomic mass is 9.89. The number of carbonyl (C=O) groups is 1. The Morgan fingerprint density at radius 3 is 1.96 bits per heavy atom. The standard InChI is InChI=1S/C23H39NO3/c1-7-22(3,4)24(23(5,6)8-2)17-11-9-10-12-18-27-21(26)19-13-15-20(25)16-14-19/h13-16,25H,7-12,17-18H2,1-6H3. The van der Waals surface area contributed by atoms with Crippen molar-refractivity contribution in [1.29, 1.82) is 0 Å². The van der Waals surface area contributed by atoms with E-state index in [1.54, 1.807) is 12.1 Å². The first-order chi connectivity index (χ1) is 12.6. The van der Waals surface area contributed by atoms with Crippen LogP contribution in [-0.4, -0.2) is 40.2 Å². The summed E-state index contributed by atoms with van der Waals surface area (Å²) in [5.41, 5.74) is 0.894. The summed E-state index contributed by atoms with van der Waals surface area (Å²) in [6, 6.07) is 6.16. The zero-order valence-electron chi connectivity index (χ0n) is 18.2. The molecular weight excluding hydrogens is 338 g/mol. The Hall–Kier alpha value is -1.55. The lowest BCUT2D eigenvalue weighted by molar-refractivity contribution is 0.00945. The molecule has 0 aromatic heterocycles. The van der Waals surface area contributed by atoms with E-state index in [-0.39, 0.29) is 22.8 Å². The summed E-state index contributed by atoms with van der Waals surface area (Å²) in [6.07, 6.45) is 6.55. The number of hydrogen-bond acceptors (Lipinski definition) is 4. The van der Waals surface area contributed by atoms with Crippen molar-refractivity contribution in [3.05, 3.63) is 29.8 Å². The van der Waals surface area contributed by atoms with Gasteiger partial charge in [0.1, 0.15) is 5.75 Å². The molecule has 0 bridgehead atoms. The summed E-state index contributed by atoms with van der Waals surface area (Å²) in [5, 5.41) is 9.25. The van der Waals surface area contributed by atoms with Gasteiger partial charge in [-0.05, 0) is 84.2 Å². The van der Waals surface area contributed by atoms with Gasteiger partial charge < -0.3 is 9.84 Å². The molecule has 1 aromatic carbocycles. The zero-order chi connectivity index (χ0) is 20.5. The van der Waals surface area contributed by atoms with Crippen LogP contribution in [0.5, 0.6) is 5.75 Å². The SMILES string of the molecule is CCC(C)(C)N(CCCCCCOC(=O)c1ccc(O)cc1)C(C)(C)CC. The highest BCUT2D eigenvalue weighted by atomic mass is 16.5. The normalized spacial score (nSPS) is 12.4. The van der Waals surface area contributed by atoms with E-state index in [1.807, 2.05) is 0 Å². The van der Waals surface area contributed by atoms with Crippen LogP contribution in [0.15, 0.2) is 24.3 Å². The molecule has 0 atom stereocenters. The molecule has 154 valence electrons. The van der Waals surface area contributed by atoms with E-state index in [9.17, 15) is 9.90 Å². The predicted molar refractivity (Wildman–Crippen MR) is 112 cm³/mol. The zero-order valence-corrected chi connectivity index (χ0v) is 18.2. The maximum Gasteiger partial charge on any atom is 0.338 e. The summed E-state index contributed by atoms with van der Waals surface area (Å²) in [6.45, 7) is 15.4. The van der Waals surface area contributed by atoms with Gasteiger partial charge in [-0.3, -0.25) is 4.90 Å². The van der Waals surface area contributed by atoms with Gasteiger partial charge in [-0.2, -0.15) is 0 Å². The van der Waals surface area contributed by atoms with Gasteiger partial charge in [0, 0.05) is 11.1 Å². The first-order valence-electron chi connectivity index (χ1n) is 10.4. The van der Waals surface area contributed by atoms with Crippen LogP contribution in [0.25, 0.3) is 0 Å². The molecule has 0 saturated heterocycles. The van der Waals surface area contributed by atoms with Crippen molar-refractivity contribution in [2.45, 2.75) is 91.1 Å². The number of rotatable bonds is 12. The molecule has 1 rings (SSSR count). The second-order valence-corrected chi connectivity index (χ2v) is 8.58. The molecule has 0 aliphatic rings. The fourth-order valence-electron chi connectivity index (χ4n) is 3.38. The molecule has 0 spiro atoms. The third-order valence-electron chi connectivity index (χ3n) is 5.80. The van der Waals surface area contributed by atoms with Crippen molar-refractivity contribution in [3.63, 3.8) is 0 Å². The number of carbonyl (C=O) groups excluding carboxylic acids is 1. The van der Waals surface area contributed by atoms with Gasteiger partial charge in [-0.25, -0.2) is 4.79 Å². The van der Waals surface area contributed by atoms with E-state index in [4.69, 9.17) is 4.74 Å². The van der Waals surface area contributed by atoms with Crippen LogP contribution in [0.1, 0.15) is 90.4 Å². The van der Waals surface area contributed by atoms with Crippen LogP contribution in [-0.2, 0) is 4.74 Å². The van der Waals surface area contributed by atoms with Gasteiger partial charge in [0.15, 0.2) is 0 Å². The second-order valence-electron chi connectivity index (χ2n) is 8.58. The average molecular weight is 378 g/mol. The first kappa shape index (κ1) is 23.5. The number of phenols is 1. The van der Waals surface area contributed by atoms with Gasteiger partial charge in [-0.1, -0.05) is 26.7 Å². The predicted octanol–water partition coefficient (Wildman–Crippen LogP) is 5.79. The summed E-state index contributed by atoms with van der Waals surface area (Å²) in [4.78, 5) is 14.6. The van der Waals surface area contributed by atoms with E-state index in [1.165, 1.54) is 18.6 Å². The Morgan fingerprint density at radius 2 is 1.44 bits per heavy atom. The molecule has 0 amide bonds. The van der Waals surface area contributed by atoms with Crippen molar-refractivity contribution in [3.8, 4) is 5.75 Å². The fraction of sp³-hybridized carbons (Fsp3) is 0.696. The van der Waals surface area contributed by atoms with E-state index < -0.39 is 0 Å². The summed E-state index contributed by atoms with van der Waals surface area (Å²) in [5.74, 6) is -0.173. The quantitative estimate of drug-likeness (QED) is 0.370. The van der Waals surface area contributed by atoms with Crippen molar-refractivity contribution in [2.75, 3.05) is 13.2 Å². The highest BCUT2D eigenvalue weighted by molar-refractivity contribution is 5.89. The molecule has 27 heavy (non-hydrogen) atoms. The maximum absolute atomic E-state index is 11.9. The van der Waals surface area contributed by atoms with Gasteiger partial charge in [-0.15, -0.1) is 0 Å². The molecule has 0 heterocycles. The van der Waals surface area contributed by atoms with Crippen molar-refractivity contribution < 1.29 is 14.6 Å². The van der Waals surface area contributed by atoms with E-state index in [0.717, 1.165) is 38.6 Å². The van der Waals surface area contributed by atoms with Crippen molar-refractivity contribution >= 4 is 5.97 Å². The number of aromatic hydroxyl groups is 1. The molecule has 0 unspecified atom stereocenters. The monoisotopic (exact) mass is 377 g/mol. The molecule has 4 nitrogen and oxygen atoms in total. The van der Waals surface area contributed by atoms with Crippen LogP contribution in [0.3, 0.4) is 0 Å². The Morgan fingerprint density at radius 1 is 0.926 bits per heavy atom. The molecular formula is C23H39NO3. The topological polar surface area (TPSA) is 49.8 Å². The highest BCUT2D eigenvalue weighted by Gasteiger charge is 2.34. The highest BCUT2D eigenvalue weighted by Crippen LogP contribution is 2.30. The van der Waals surface area contributed by atoms with Gasteiger partial charge in [0.25, 0.3) is 0 Å². The summed E-state index contributed by atoms with van der Waals surface area (Å²) >= 11 is 0. The van der Waals surface area contributed by atoms with Crippen LogP contribution in [0.4, 0.5) is 0 Å². The van der Waals surface area contributed by atoms with E-state index in [2.05, 4.69) is 46.4 Å². The van der Waals surface area contributed by atoms with Crippen LogP contribution in [0, 0.1) is 0 Å². The third kappa shape index (κ3) is 7.53. The molecule has 1 aromatic rings. The lowest BCUT2D eigenvalue weighted by Crippen LogP contribution is -2.55. The van der Waals surface area contributed by atoms with Gasteiger partial charge in [0.05, 0.1) is 12.2 Å². The molecule has 1 N–H and O–H groups in total. The largest absolute Gasteiger partial charge is 0.508 e. The Bertz CT molecular complexity index is 547. The number of esters is 1. The number of benzene rings is 1. The fourth-order valence-corrected chi connectivity index (χ4v) is 3.38. The van der Waals surface area contributed by atoms with Crippen LogP contribution < -0.4 is 0 Å². The van der Waals surface area contributed by atoms with Crippen molar-refractivity contribution in [2.24, 2.45) is 0 Å². The first-order valence-corrected chi connectivity index (χ1v) is 10.4. The summed E-state index contributed by atoms with van der Waals surface area (Å²) < 4.78 is 5.31. The number of phenolic OH excluding ortho intramolecular Hbond substituents is 1. The Balaban J connectivity index is 2.30. The minimum Gasteiger partial charge on any atom is -0.508 e. The van der Waals surface area contributed by atoms with Gasteiger partial charge in [0.2, 0.25) is 0 Å². The number of unbranched alkanes of at least 4 members (excludes halogenated alkanes) is 3. The van der Waals surface area contributed by atoms with E-state index in [0.29, 0.717) is 12.2 Å². The lowest BCUT2D eigenvalue weighted by Gasteiger charge is -2.48. The molecule has 0 aliphatic carbocycles. The number of ether oxygens (including phenoxy) is 1. The summed E-state index contributed by atoms with van der Waals surface area (Å²) in [7, 11) is 0. The third-order valence-corrected chi connectivity index (χ3v) is 5.80. The Labute approximate surface area is 165 Å².